The molecule has 2 aromatic carbocycles. The van der Waals surface area contributed by atoms with Gasteiger partial charge in [-0.25, -0.2) is 4.39 Å². The number of pyridine rings is 1. The molecule has 3 aromatic rings. The Bertz CT molecular complexity index is 1050. The van der Waals surface area contributed by atoms with E-state index in [0.717, 1.165) is 5.56 Å². The number of nitrogens with one attached hydrogen (secondary N) is 2. The van der Waals surface area contributed by atoms with Gasteiger partial charge in [-0.05, 0) is 53.6 Å². The highest BCUT2D eigenvalue weighted by molar-refractivity contribution is 5.92. The van der Waals surface area contributed by atoms with Gasteiger partial charge in [0, 0.05) is 31.4 Å². The van der Waals surface area contributed by atoms with Crippen LogP contribution in [0.1, 0.15) is 18.1 Å². The molecule has 0 saturated carbocycles. The van der Waals surface area contributed by atoms with Crippen LogP contribution in [0, 0.1) is 5.82 Å². The zero-order valence-electron chi connectivity index (χ0n) is 16.3. The molecule has 1 aromatic heterocycles. The maximum Gasteiger partial charge on any atom is 0.244 e. The first kappa shape index (κ1) is 20.7. The molecular formula is C23H20FN3O3. The van der Waals surface area contributed by atoms with E-state index in [1.807, 2.05) is 0 Å². The van der Waals surface area contributed by atoms with Gasteiger partial charge in [0.2, 0.25) is 11.8 Å². The van der Waals surface area contributed by atoms with Crippen LogP contribution in [0.15, 0.2) is 73.1 Å². The van der Waals surface area contributed by atoms with Crippen molar-refractivity contribution < 1.29 is 18.7 Å². The number of hydrogen-bond donors (Lipinski definition) is 2. The third-order valence-electron chi connectivity index (χ3n) is 3.98. The molecule has 2 N–H and O–H groups in total. The van der Waals surface area contributed by atoms with E-state index in [2.05, 4.69) is 15.6 Å². The first-order valence-corrected chi connectivity index (χ1v) is 9.19. The number of halogens is 1. The van der Waals surface area contributed by atoms with Crippen molar-refractivity contribution in [3.8, 4) is 11.5 Å². The summed E-state index contributed by atoms with van der Waals surface area (Å²) in [6.07, 6.45) is 6.14. The fraction of sp³-hybridized carbons (Fsp3) is 0.0870. The van der Waals surface area contributed by atoms with Crippen molar-refractivity contribution in [2.75, 3.05) is 5.32 Å². The van der Waals surface area contributed by atoms with Crippen LogP contribution in [0.25, 0.3) is 6.08 Å². The molecule has 0 aliphatic heterocycles. The smallest absolute Gasteiger partial charge is 0.244 e. The Morgan fingerprint density at radius 2 is 1.93 bits per heavy atom. The second-order valence-electron chi connectivity index (χ2n) is 6.41. The molecule has 0 unspecified atom stereocenters. The number of ether oxygens (including phenoxy) is 1. The minimum atomic E-state index is -0.527. The Hall–Kier alpha value is -4.00. The summed E-state index contributed by atoms with van der Waals surface area (Å²) in [6.45, 7) is 1.61. The lowest BCUT2D eigenvalue weighted by Crippen LogP contribution is -2.20. The quantitative estimate of drug-likeness (QED) is 0.575. The molecule has 6 nitrogen and oxygen atoms in total. The minimum absolute atomic E-state index is 0.0840. The highest BCUT2D eigenvalue weighted by Crippen LogP contribution is 2.24. The Morgan fingerprint density at radius 3 is 2.60 bits per heavy atom. The van der Waals surface area contributed by atoms with Crippen molar-refractivity contribution in [2.24, 2.45) is 0 Å². The van der Waals surface area contributed by atoms with Crippen LogP contribution < -0.4 is 15.4 Å². The number of hydrogen-bond acceptors (Lipinski definition) is 4. The predicted molar refractivity (Wildman–Crippen MR) is 112 cm³/mol. The van der Waals surface area contributed by atoms with Crippen molar-refractivity contribution in [1.82, 2.24) is 10.3 Å². The lowest BCUT2D eigenvalue weighted by Gasteiger charge is -2.08. The fourth-order valence-electron chi connectivity index (χ4n) is 2.57. The monoisotopic (exact) mass is 405 g/mol. The van der Waals surface area contributed by atoms with Crippen LogP contribution in [0.3, 0.4) is 0 Å². The first-order valence-electron chi connectivity index (χ1n) is 9.19. The largest absolute Gasteiger partial charge is 0.453 e. The zero-order valence-corrected chi connectivity index (χ0v) is 16.3. The molecule has 7 heteroatoms. The molecule has 152 valence electrons. The molecular weight excluding hydrogens is 385 g/mol. The predicted octanol–water partition coefficient (Wildman–Crippen LogP) is 4.30. The maximum atomic E-state index is 14.2. The van der Waals surface area contributed by atoms with Crippen molar-refractivity contribution in [3.63, 3.8) is 0 Å². The van der Waals surface area contributed by atoms with E-state index in [0.29, 0.717) is 17.0 Å². The SMILES string of the molecule is CC(=O)Nc1ccc(/C=C/C(=O)NCc2ccc(Oc3cccnc3)c(F)c2)cc1. The molecule has 0 radical (unpaired) electrons. The number of amides is 2. The molecule has 0 bridgehead atoms. The van der Waals surface area contributed by atoms with Gasteiger partial charge in [0.25, 0.3) is 0 Å². The normalized spacial score (nSPS) is 10.6. The third kappa shape index (κ3) is 6.27. The average Bonchev–Trinajstić information content (AvgIpc) is 2.74. The lowest BCUT2D eigenvalue weighted by atomic mass is 10.2. The highest BCUT2D eigenvalue weighted by Gasteiger charge is 2.07. The second kappa shape index (κ2) is 9.97. The Balaban J connectivity index is 1.52. The van der Waals surface area contributed by atoms with Gasteiger partial charge in [0.15, 0.2) is 11.6 Å². The molecule has 0 aliphatic rings. The van der Waals surface area contributed by atoms with Gasteiger partial charge in [-0.15, -0.1) is 0 Å². The van der Waals surface area contributed by atoms with Crippen molar-refractivity contribution in [1.29, 1.82) is 0 Å². The summed E-state index contributed by atoms with van der Waals surface area (Å²) in [4.78, 5) is 26.9. The van der Waals surface area contributed by atoms with E-state index in [4.69, 9.17) is 4.74 Å². The van der Waals surface area contributed by atoms with Gasteiger partial charge in [-0.3, -0.25) is 14.6 Å². The molecule has 0 atom stereocenters. The molecule has 0 aliphatic carbocycles. The third-order valence-corrected chi connectivity index (χ3v) is 3.98. The standard InChI is InChI=1S/C23H20FN3O3/c1-16(28)27-19-8-4-17(5-9-19)7-11-23(29)26-14-18-6-10-22(21(24)13-18)30-20-3-2-12-25-15-20/h2-13,15H,14H2,1H3,(H,26,29)(H,27,28)/b11-7+. The number of rotatable bonds is 7. The minimum Gasteiger partial charge on any atom is -0.453 e. The number of carbonyl (C=O) groups is 2. The highest BCUT2D eigenvalue weighted by atomic mass is 19.1. The average molecular weight is 405 g/mol. The van der Waals surface area contributed by atoms with Gasteiger partial charge >= 0.3 is 0 Å². The Morgan fingerprint density at radius 1 is 1.13 bits per heavy atom. The summed E-state index contributed by atoms with van der Waals surface area (Å²) in [6, 6.07) is 14.9. The number of anilines is 1. The van der Waals surface area contributed by atoms with Gasteiger partial charge in [0.1, 0.15) is 5.75 Å². The van der Waals surface area contributed by atoms with E-state index in [9.17, 15) is 14.0 Å². The summed E-state index contributed by atoms with van der Waals surface area (Å²) in [5.41, 5.74) is 2.09. The Labute approximate surface area is 173 Å². The summed E-state index contributed by atoms with van der Waals surface area (Å²) in [7, 11) is 0. The summed E-state index contributed by atoms with van der Waals surface area (Å²) >= 11 is 0. The molecule has 2 amide bonds. The van der Waals surface area contributed by atoms with Crippen LogP contribution in [0.4, 0.5) is 10.1 Å². The number of benzene rings is 2. The van der Waals surface area contributed by atoms with Crippen molar-refractivity contribution >= 4 is 23.6 Å². The molecule has 30 heavy (non-hydrogen) atoms. The first-order chi connectivity index (χ1) is 14.5. The van der Waals surface area contributed by atoms with Crippen molar-refractivity contribution in [2.45, 2.75) is 13.5 Å². The van der Waals surface area contributed by atoms with E-state index in [1.165, 1.54) is 31.3 Å². The number of carbonyl (C=O) groups excluding carboxylic acids is 2. The number of aromatic nitrogens is 1. The summed E-state index contributed by atoms with van der Waals surface area (Å²) in [5.74, 6) is -0.461. The Kier molecular flexibility index (Phi) is 6.89. The van der Waals surface area contributed by atoms with E-state index in [-0.39, 0.29) is 24.1 Å². The van der Waals surface area contributed by atoms with Gasteiger partial charge < -0.3 is 15.4 Å². The van der Waals surface area contributed by atoms with Gasteiger partial charge in [-0.2, -0.15) is 0 Å². The summed E-state index contributed by atoms with van der Waals surface area (Å²) < 4.78 is 19.7. The fourth-order valence-corrected chi connectivity index (χ4v) is 2.57. The van der Waals surface area contributed by atoms with Crippen LogP contribution >= 0.6 is 0 Å². The molecule has 0 fully saturated rings. The van der Waals surface area contributed by atoms with Gasteiger partial charge in [-0.1, -0.05) is 18.2 Å². The molecule has 0 saturated heterocycles. The summed E-state index contributed by atoms with van der Waals surface area (Å²) in [5, 5.41) is 5.38. The van der Waals surface area contributed by atoms with E-state index >= 15 is 0 Å². The second-order valence-corrected chi connectivity index (χ2v) is 6.41. The zero-order chi connectivity index (χ0) is 21.3. The van der Waals surface area contributed by atoms with Crippen LogP contribution in [0.2, 0.25) is 0 Å². The van der Waals surface area contributed by atoms with Gasteiger partial charge in [0.05, 0.1) is 6.20 Å². The molecule has 3 rings (SSSR count). The van der Waals surface area contributed by atoms with E-state index < -0.39 is 5.82 Å². The molecule has 0 spiro atoms. The van der Waals surface area contributed by atoms with Crippen LogP contribution in [-0.2, 0) is 16.1 Å². The van der Waals surface area contributed by atoms with Crippen LogP contribution in [0.5, 0.6) is 11.5 Å². The van der Waals surface area contributed by atoms with E-state index in [1.54, 1.807) is 54.7 Å². The van der Waals surface area contributed by atoms with Crippen LogP contribution in [-0.4, -0.2) is 16.8 Å². The van der Waals surface area contributed by atoms with Crippen molar-refractivity contribution in [3.05, 3.63) is 90.0 Å². The maximum absolute atomic E-state index is 14.2. The number of nitrogens with zero attached hydrogens (tertiary/aromatic N) is 1. The molecule has 1 heterocycles. The topological polar surface area (TPSA) is 80.3 Å². The lowest BCUT2D eigenvalue weighted by molar-refractivity contribution is -0.116.